The molecule has 0 rings (SSSR count). The molecule has 0 N–H and O–H groups in total. The van der Waals surface area contributed by atoms with E-state index in [1.54, 1.807) is 0 Å². The van der Waals surface area contributed by atoms with E-state index in [1.165, 1.54) is 25.7 Å². The molecule has 2 nitrogen and oxygen atoms in total. The van der Waals surface area contributed by atoms with E-state index in [4.69, 9.17) is 5.26 Å². The molecule has 0 aliphatic carbocycles. The van der Waals surface area contributed by atoms with Gasteiger partial charge in [0.05, 0.1) is 6.07 Å². The van der Waals surface area contributed by atoms with Gasteiger partial charge in [-0.05, 0) is 20.4 Å². The molecular weight excluding hydrogens is 160 g/mol. The Hall–Kier alpha value is -0.550. The fraction of sp³-hybridized carbons (Fsp3) is 0.909. The van der Waals surface area contributed by atoms with Gasteiger partial charge in [0.15, 0.2) is 0 Å². The summed E-state index contributed by atoms with van der Waals surface area (Å²) < 4.78 is 0. The smallest absolute Gasteiger partial charge is 0.0635 e. The Morgan fingerprint density at radius 2 is 2.08 bits per heavy atom. The van der Waals surface area contributed by atoms with Gasteiger partial charge in [0.2, 0.25) is 0 Å². The Morgan fingerprint density at radius 3 is 2.62 bits per heavy atom. The first-order valence-electron chi connectivity index (χ1n) is 5.29. The largest absolute Gasteiger partial charge is 0.303 e. The third kappa shape index (κ3) is 6.60. The summed E-state index contributed by atoms with van der Waals surface area (Å²) >= 11 is 0. The number of hydrogen-bond donors (Lipinski definition) is 0. The lowest BCUT2D eigenvalue weighted by Gasteiger charge is -2.23. The van der Waals surface area contributed by atoms with Crippen molar-refractivity contribution in [2.75, 3.05) is 13.6 Å². The van der Waals surface area contributed by atoms with Gasteiger partial charge in [-0.2, -0.15) is 5.26 Å². The highest BCUT2D eigenvalue weighted by Gasteiger charge is 2.07. The molecule has 1 atom stereocenters. The lowest BCUT2D eigenvalue weighted by Crippen LogP contribution is -2.29. The highest BCUT2D eigenvalue weighted by atomic mass is 15.1. The van der Waals surface area contributed by atoms with Crippen LogP contribution in [0.3, 0.4) is 0 Å². The van der Waals surface area contributed by atoms with Crippen LogP contribution in [-0.2, 0) is 0 Å². The molecule has 0 heterocycles. The summed E-state index contributed by atoms with van der Waals surface area (Å²) in [5.41, 5.74) is 0. The van der Waals surface area contributed by atoms with Gasteiger partial charge in [0.25, 0.3) is 0 Å². The molecule has 0 spiro atoms. The molecule has 0 aliphatic rings. The molecule has 0 aromatic heterocycles. The van der Waals surface area contributed by atoms with Crippen molar-refractivity contribution in [1.29, 1.82) is 5.26 Å². The van der Waals surface area contributed by atoms with E-state index >= 15 is 0 Å². The second kappa shape index (κ2) is 8.07. The second-order valence-corrected chi connectivity index (χ2v) is 3.73. The van der Waals surface area contributed by atoms with Crippen molar-refractivity contribution >= 4 is 0 Å². The number of unbranched alkanes of at least 4 members (excludes halogenated alkanes) is 2. The predicted molar refractivity (Wildman–Crippen MR) is 56.5 cm³/mol. The minimum absolute atomic E-state index is 0.625. The quantitative estimate of drug-likeness (QED) is 0.566. The highest BCUT2D eigenvalue weighted by molar-refractivity contribution is 4.73. The van der Waals surface area contributed by atoms with Crippen LogP contribution >= 0.6 is 0 Å². The number of nitrogens with zero attached hydrogens (tertiary/aromatic N) is 2. The number of hydrogen-bond acceptors (Lipinski definition) is 2. The topological polar surface area (TPSA) is 27.0 Å². The standard InChI is InChI=1S/C11H22N2/c1-4-5-6-8-11(2)13(3)10-7-9-12/h11H,4-8,10H2,1-3H3. The van der Waals surface area contributed by atoms with Gasteiger partial charge in [0.1, 0.15) is 0 Å². The monoisotopic (exact) mass is 182 g/mol. The Labute approximate surface area is 82.5 Å². The first-order valence-corrected chi connectivity index (χ1v) is 5.29. The lowest BCUT2D eigenvalue weighted by molar-refractivity contribution is 0.247. The maximum absolute atomic E-state index is 8.43. The average Bonchev–Trinajstić information content (AvgIpc) is 2.14. The van der Waals surface area contributed by atoms with Gasteiger partial charge in [-0.15, -0.1) is 0 Å². The molecular formula is C11H22N2. The zero-order valence-electron chi connectivity index (χ0n) is 9.21. The Kier molecular flexibility index (Phi) is 7.73. The van der Waals surface area contributed by atoms with Crippen LogP contribution in [0.5, 0.6) is 0 Å². The van der Waals surface area contributed by atoms with E-state index in [9.17, 15) is 0 Å². The van der Waals surface area contributed by atoms with Crippen LogP contribution in [0.2, 0.25) is 0 Å². The molecule has 0 aromatic carbocycles. The summed E-state index contributed by atoms with van der Waals surface area (Å²) in [5.74, 6) is 0. The van der Waals surface area contributed by atoms with Crippen molar-refractivity contribution in [1.82, 2.24) is 4.90 Å². The van der Waals surface area contributed by atoms with Crippen molar-refractivity contribution in [3.05, 3.63) is 0 Å². The van der Waals surface area contributed by atoms with Crippen LogP contribution in [-0.4, -0.2) is 24.5 Å². The van der Waals surface area contributed by atoms with Crippen molar-refractivity contribution in [2.45, 2.75) is 52.0 Å². The molecule has 0 aromatic rings. The first-order chi connectivity index (χ1) is 6.22. The normalized spacial score (nSPS) is 12.8. The van der Waals surface area contributed by atoms with Gasteiger partial charge >= 0.3 is 0 Å². The summed E-state index contributed by atoms with van der Waals surface area (Å²) in [4.78, 5) is 2.28. The highest BCUT2D eigenvalue weighted by Crippen LogP contribution is 2.08. The summed E-state index contributed by atoms with van der Waals surface area (Å²) in [6.45, 7) is 5.38. The molecule has 0 radical (unpaired) electrons. The Balaban J connectivity index is 3.45. The third-order valence-electron chi connectivity index (χ3n) is 2.55. The van der Waals surface area contributed by atoms with E-state index in [1.807, 2.05) is 0 Å². The fourth-order valence-corrected chi connectivity index (χ4v) is 1.36. The van der Waals surface area contributed by atoms with E-state index in [0.29, 0.717) is 12.5 Å². The molecule has 2 heteroatoms. The number of rotatable bonds is 7. The zero-order valence-corrected chi connectivity index (χ0v) is 9.21. The van der Waals surface area contributed by atoms with Crippen LogP contribution in [0, 0.1) is 11.3 Å². The van der Waals surface area contributed by atoms with Crippen LogP contribution in [0.15, 0.2) is 0 Å². The molecule has 1 unspecified atom stereocenters. The number of nitriles is 1. The third-order valence-corrected chi connectivity index (χ3v) is 2.55. The zero-order chi connectivity index (χ0) is 10.1. The van der Waals surface area contributed by atoms with Gasteiger partial charge in [0, 0.05) is 19.0 Å². The fourth-order valence-electron chi connectivity index (χ4n) is 1.36. The summed E-state index contributed by atoms with van der Waals surface area (Å²) in [6, 6.07) is 2.80. The molecule has 0 saturated heterocycles. The van der Waals surface area contributed by atoms with Crippen LogP contribution in [0.4, 0.5) is 0 Å². The van der Waals surface area contributed by atoms with Crippen molar-refractivity contribution in [3.63, 3.8) is 0 Å². The van der Waals surface area contributed by atoms with Crippen LogP contribution in [0.25, 0.3) is 0 Å². The maximum Gasteiger partial charge on any atom is 0.0635 e. The van der Waals surface area contributed by atoms with Crippen molar-refractivity contribution in [3.8, 4) is 6.07 Å². The molecule has 0 amide bonds. The van der Waals surface area contributed by atoms with E-state index in [0.717, 1.165) is 6.54 Å². The molecule has 0 saturated carbocycles. The molecule has 0 aliphatic heterocycles. The molecule has 13 heavy (non-hydrogen) atoms. The van der Waals surface area contributed by atoms with Crippen molar-refractivity contribution < 1.29 is 0 Å². The molecule has 0 bridgehead atoms. The predicted octanol–water partition coefficient (Wildman–Crippen LogP) is 2.80. The van der Waals surface area contributed by atoms with E-state index in [-0.39, 0.29) is 0 Å². The van der Waals surface area contributed by atoms with Crippen LogP contribution in [0.1, 0.15) is 46.0 Å². The minimum atomic E-state index is 0.625. The van der Waals surface area contributed by atoms with Crippen LogP contribution < -0.4 is 0 Å². The van der Waals surface area contributed by atoms with Gasteiger partial charge in [-0.1, -0.05) is 26.2 Å². The first kappa shape index (κ1) is 12.4. The van der Waals surface area contributed by atoms with Crippen molar-refractivity contribution in [2.24, 2.45) is 0 Å². The van der Waals surface area contributed by atoms with Gasteiger partial charge < -0.3 is 4.90 Å². The van der Waals surface area contributed by atoms with Gasteiger partial charge in [-0.25, -0.2) is 0 Å². The Bertz CT molecular complexity index is 149. The van der Waals surface area contributed by atoms with Gasteiger partial charge in [-0.3, -0.25) is 0 Å². The maximum atomic E-state index is 8.43. The second-order valence-electron chi connectivity index (χ2n) is 3.73. The summed E-state index contributed by atoms with van der Waals surface area (Å²) in [7, 11) is 2.11. The minimum Gasteiger partial charge on any atom is -0.303 e. The average molecular weight is 182 g/mol. The summed E-state index contributed by atoms with van der Waals surface area (Å²) in [5, 5.41) is 8.43. The molecule has 76 valence electrons. The summed E-state index contributed by atoms with van der Waals surface area (Å²) in [6.07, 6.45) is 5.84. The Morgan fingerprint density at radius 1 is 1.38 bits per heavy atom. The van der Waals surface area contributed by atoms with E-state index < -0.39 is 0 Å². The SMILES string of the molecule is CCCCCC(C)N(C)CCC#N. The lowest BCUT2D eigenvalue weighted by atomic mass is 10.1. The molecule has 0 fully saturated rings. The van der Waals surface area contributed by atoms with E-state index in [2.05, 4.69) is 31.9 Å².